The fourth-order valence-corrected chi connectivity index (χ4v) is 1.09. The molecule has 5 heteroatoms. The molecule has 3 N–H and O–H groups in total. The van der Waals surface area contributed by atoms with Gasteiger partial charge in [-0.2, -0.15) is 0 Å². The summed E-state index contributed by atoms with van der Waals surface area (Å²) in [6.07, 6.45) is -1.70. The van der Waals surface area contributed by atoms with E-state index in [1.54, 1.807) is 0 Å². The van der Waals surface area contributed by atoms with E-state index in [1.165, 1.54) is 12.1 Å². The van der Waals surface area contributed by atoms with Crippen LogP contribution in [0.2, 0.25) is 0 Å². The molecule has 1 aromatic carbocycles. The third-order valence-electron chi connectivity index (χ3n) is 2.18. The number of rotatable bonds is 3. The first-order valence-electron chi connectivity index (χ1n) is 4.28. The minimum absolute atomic E-state index is 0.0974. The number of aliphatic hydroxyl groups is 1. The molecule has 1 unspecified atom stereocenters. The number of hydrogen-bond acceptors (Lipinski definition) is 2. The van der Waals surface area contributed by atoms with E-state index in [9.17, 15) is 18.7 Å². The van der Waals surface area contributed by atoms with Crippen molar-refractivity contribution >= 4 is 5.91 Å². The standard InChI is InChI=1S/C10H11F2NO2/c1-10(12,9(13)15)8(14)6-2-4-7(11)5-3-6/h2-5,8,14H,1H3,(H2,13,15)/t8-,10?/m1/s1. The lowest BCUT2D eigenvalue weighted by Crippen LogP contribution is -2.42. The molecule has 0 fully saturated rings. The molecule has 0 saturated heterocycles. The minimum atomic E-state index is -2.57. The molecule has 82 valence electrons. The summed E-state index contributed by atoms with van der Waals surface area (Å²) in [5, 5.41) is 9.51. The van der Waals surface area contributed by atoms with Gasteiger partial charge in [0.15, 0.2) is 0 Å². The number of primary amides is 1. The van der Waals surface area contributed by atoms with Crippen LogP contribution in [0.15, 0.2) is 24.3 Å². The van der Waals surface area contributed by atoms with Gasteiger partial charge in [0, 0.05) is 0 Å². The molecular weight excluding hydrogens is 204 g/mol. The molecule has 15 heavy (non-hydrogen) atoms. The predicted octanol–water partition coefficient (Wildman–Crippen LogP) is 1.07. The Morgan fingerprint density at radius 1 is 1.47 bits per heavy atom. The van der Waals surface area contributed by atoms with Gasteiger partial charge in [0.05, 0.1) is 0 Å². The predicted molar refractivity (Wildman–Crippen MR) is 50.1 cm³/mol. The number of aliphatic hydroxyl groups excluding tert-OH is 1. The monoisotopic (exact) mass is 215 g/mol. The zero-order chi connectivity index (χ0) is 11.6. The number of carbonyl (C=O) groups excluding carboxylic acids is 1. The quantitative estimate of drug-likeness (QED) is 0.792. The van der Waals surface area contributed by atoms with Crippen LogP contribution in [0.4, 0.5) is 8.78 Å². The van der Waals surface area contributed by atoms with Crippen molar-refractivity contribution in [3.05, 3.63) is 35.6 Å². The van der Waals surface area contributed by atoms with Gasteiger partial charge in [0.1, 0.15) is 11.9 Å². The number of benzene rings is 1. The molecule has 2 atom stereocenters. The van der Waals surface area contributed by atoms with E-state index >= 15 is 0 Å². The normalized spacial score (nSPS) is 16.8. The molecule has 3 nitrogen and oxygen atoms in total. The second-order valence-electron chi connectivity index (χ2n) is 3.39. The van der Waals surface area contributed by atoms with E-state index in [2.05, 4.69) is 0 Å². The molecule has 1 rings (SSSR count). The van der Waals surface area contributed by atoms with Crippen molar-refractivity contribution in [3.63, 3.8) is 0 Å². The average Bonchev–Trinajstić information content (AvgIpc) is 2.17. The smallest absolute Gasteiger partial charge is 0.257 e. The molecule has 0 radical (unpaired) electrons. The molecule has 1 aromatic rings. The second-order valence-corrected chi connectivity index (χ2v) is 3.39. The zero-order valence-corrected chi connectivity index (χ0v) is 8.08. The van der Waals surface area contributed by atoms with E-state index < -0.39 is 23.5 Å². The molecular formula is C10H11F2NO2. The summed E-state index contributed by atoms with van der Waals surface area (Å²) in [5.74, 6) is -1.77. The van der Waals surface area contributed by atoms with E-state index in [1.807, 2.05) is 0 Å². The van der Waals surface area contributed by atoms with Crippen molar-refractivity contribution in [2.75, 3.05) is 0 Å². The average molecular weight is 215 g/mol. The minimum Gasteiger partial charge on any atom is -0.384 e. The highest BCUT2D eigenvalue weighted by Crippen LogP contribution is 2.29. The topological polar surface area (TPSA) is 63.3 Å². The molecule has 0 aliphatic heterocycles. The molecule has 0 aliphatic rings. The third kappa shape index (κ3) is 2.30. The lowest BCUT2D eigenvalue weighted by atomic mass is 9.94. The summed E-state index contributed by atoms with van der Waals surface area (Å²) < 4.78 is 26.1. The van der Waals surface area contributed by atoms with Crippen molar-refractivity contribution in [3.8, 4) is 0 Å². The fourth-order valence-electron chi connectivity index (χ4n) is 1.09. The molecule has 0 aliphatic carbocycles. The molecule has 0 saturated carbocycles. The van der Waals surface area contributed by atoms with E-state index in [4.69, 9.17) is 5.73 Å². The number of alkyl halides is 1. The van der Waals surface area contributed by atoms with Crippen LogP contribution in [0.3, 0.4) is 0 Å². The molecule has 0 aromatic heterocycles. The van der Waals surface area contributed by atoms with Gasteiger partial charge in [-0.05, 0) is 24.6 Å². The van der Waals surface area contributed by atoms with Gasteiger partial charge in [0.2, 0.25) is 5.67 Å². The van der Waals surface area contributed by atoms with Crippen molar-refractivity contribution < 1.29 is 18.7 Å². The molecule has 0 spiro atoms. The van der Waals surface area contributed by atoms with Crippen LogP contribution in [-0.2, 0) is 4.79 Å². The number of hydrogen-bond donors (Lipinski definition) is 2. The fraction of sp³-hybridized carbons (Fsp3) is 0.300. The number of carbonyl (C=O) groups is 1. The van der Waals surface area contributed by atoms with Crippen molar-refractivity contribution in [2.24, 2.45) is 5.73 Å². The summed E-state index contributed by atoms with van der Waals surface area (Å²) in [7, 11) is 0. The third-order valence-corrected chi connectivity index (χ3v) is 2.18. The first-order chi connectivity index (χ1) is 6.85. The summed E-state index contributed by atoms with van der Waals surface area (Å²) in [6.45, 7) is 0.878. The van der Waals surface area contributed by atoms with Crippen LogP contribution in [0, 0.1) is 5.82 Å². The van der Waals surface area contributed by atoms with E-state index in [-0.39, 0.29) is 5.56 Å². The van der Waals surface area contributed by atoms with Gasteiger partial charge >= 0.3 is 0 Å². The number of halogens is 2. The van der Waals surface area contributed by atoms with Gasteiger partial charge in [0.25, 0.3) is 5.91 Å². The van der Waals surface area contributed by atoms with Crippen LogP contribution in [-0.4, -0.2) is 16.7 Å². The van der Waals surface area contributed by atoms with E-state index in [0.717, 1.165) is 19.1 Å². The Labute approximate surface area is 85.5 Å². The van der Waals surface area contributed by atoms with Crippen LogP contribution >= 0.6 is 0 Å². The Morgan fingerprint density at radius 3 is 2.33 bits per heavy atom. The Kier molecular flexibility index (Phi) is 3.04. The summed E-state index contributed by atoms with van der Waals surface area (Å²) in [5.41, 5.74) is 2.32. The van der Waals surface area contributed by atoms with E-state index in [0.29, 0.717) is 0 Å². The zero-order valence-electron chi connectivity index (χ0n) is 8.08. The Bertz CT molecular complexity index is 362. The Hall–Kier alpha value is -1.49. The lowest BCUT2D eigenvalue weighted by Gasteiger charge is -2.23. The lowest BCUT2D eigenvalue weighted by molar-refractivity contribution is -0.136. The van der Waals surface area contributed by atoms with Crippen LogP contribution < -0.4 is 5.73 Å². The number of nitrogens with two attached hydrogens (primary N) is 1. The largest absolute Gasteiger partial charge is 0.384 e. The SMILES string of the molecule is CC(F)(C(N)=O)[C@H](O)c1ccc(F)cc1. The number of amides is 1. The van der Waals surface area contributed by atoms with Crippen LogP contribution in [0.25, 0.3) is 0 Å². The second kappa shape index (κ2) is 3.94. The first kappa shape index (κ1) is 11.6. The molecule has 0 heterocycles. The maximum atomic E-state index is 13.6. The maximum Gasteiger partial charge on any atom is 0.257 e. The van der Waals surface area contributed by atoms with Gasteiger partial charge in [-0.25, -0.2) is 8.78 Å². The van der Waals surface area contributed by atoms with Gasteiger partial charge in [-0.15, -0.1) is 0 Å². The highest BCUT2D eigenvalue weighted by molar-refractivity contribution is 5.83. The van der Waals surface area contributed by atoms with Crippen LogP contribution in [0.5, 0.6) is 0 Å². The Balaban J connectivity index is 2.99. The maximum absolute atomic E-state index is 13.6. The summed E-state index contributed by atoms with van der Waals surface area (Å²) in [6, 6.07) is 4.52. The van der Waals surface area contributed by atoms with Crippen molar-refractivity contribution in [1.82, 2.24) is 0 Å². The Morgan fingerprint density at radius 2 is 1.93 bits per heavy atom. The first-order valence-corrected chi connectivity index (χ1v) is 4.28. The van der Waals surface area contributed by atoms with Crippen LogP contribution in [0.1, 0.15) is 18.6 Å². The molecule has 1 amide bonds. The molecule has 0 bridgehead atoms. The highest BCUT2D eigenvalue weighted by atomic mass is 19.1. The van der Waals surface area contributed by atoms with Crippen molar-refractivity contribution in [1.29, 1.82) is 0 Å². The summed E-state index contributed by atoms with van der Waals surface area (Å²) >= 11 is 0. The van der Waals surface area contributed by atoms with Gasteiger partial charge < -0.3 is 10.8 Å². The highest BCUT2D eigenvalue weighted by Gasteiger charge is 2.40. The van der Waals surface area contributed by atoms with Crippen molar-refractivity contribution in [2.45, 2.75) is 18.7 Å². The van der Waals surface area contributed by atoms with Gasteiger partial charge in [-0.3, -0.25) is 4.79 Å². The van der Waals surface area contributed by atoms with Gasteiger partial charge in [-0.1, -0.05) is 12.1 Å². The summed E-state index contributed by atoms with van der Waals surface area (Å²) in [4.78, 5) is 10.7.